The molecule has 88 valence electrons. The second-order valence-corrected chi connectivity index (χ2v) is 3.08. The molecule has 0 atom stereocenters. The molecule has 6 heteroatoms. The Morgan fingerprint density at radius 3 is 2.50 bits per heavy atom. The largest absolute Gasteiger partial charge is 0.452 e. The lowest BCUT2D eigenvalue weighted by molar-refractivity contribution is -0.137. The Morgan fingerprint density at radius 2 is 2.00 bits per heavy atom. The van der Waals surface area contributed by atoms with Crippen LogP contribution in [0.3, 0.4) is 0 Å². The van der Waals surface area contributed by atoms with Gasteiger partial charge in [-0.15, -0.1) is 0 Å². The van der Waals surface area contributed by atoms with Crippen LogP contribution in [0.25, 0.3) is 0 Å². The number of hydrogen-bond donors (Lipinski definition) is 0. The van der Waals surface area contributed by atoms with Gasteiger partial charge in [0, 0.05) is 12.7 Å². The lowest BCUT2D eigenvalue weighted by Crippen LogP contribution is -2.26. The predicted molar refractivity (Wildman–Crippen MR) is 52.3 cm³/mol. The van der Waals surface area contributed by atoms with Crippen molar-refractivity contribution in [3.05, 3.63) is 29.8 Å². The first-order chi connectivity index (χ1) is 7.36. The van der Waals surface area contributed by atoms with Crippen molar-refractivity contribution in [3.63, 3.8) is 0 Å². The summed E-state index contributed by atoms with van der Waals surface area (Å²) in [4.78, 5) is 12.1. The monoisotopic (exact) mass is 233 g/mol. The molecule has 0 N–H and O–H groups in total. The number of anilines is 1. The maximum absolute atomic E-state index is 12.4. The van der Waals surface area contributed by atoms with Gasteiger partial charge in [-0.1, -0.05) is 6.07 Å². The Kier molecular flexibility index (Phi) is 3.41. The van der Waals surface area contributed by atoms with Crippen LogP contribution in [0, 0.1) is 0 Å². The van der Waals surface area contributed by atoms with Crippen molar-refractivity contribution < 1.29 is 22.7 Å². The van der Waals surface area contributed by atoms with E-state index in [-0.39, 0.29) is 5.69 Å². The fourth-order valence-electron chi connectivity index (χ4n) is 1.13. The third-order valence-electron chi connectivity index (χ3n) is 2.01. The Bertz CT molecular complexity index is 390. The first-order valence-corrected chi connectivity index (χ1v) is 4.35. The molecule has 0 saturated carbocycles. The standard InChI is InChI=1S/C10H10F3NO2/c1-14(9(15)16-2)8-5-3-4-7(6-8)10(11,12)13/h3-6H,1-2H3. The van der Waals surface area contributed by atoms with E-state index in [0.29, 0.717) is 0 Å². The van der Waals surface area contributed by atoms with E-state index in [2.05, 4.69) is 4.74 Å². The summed E-state index contributed by atoms with van der Waals surface area (Å²) < 4.78 is 41.5. The van der Waals surface area contributed by atoms with Crippen LogP contribution in [0.15, 0.2) is 24.3 Å². The van der Waals surface area contributed by atoms with Crippen molar-refractivity contribution in [2.24, 2.45) is 0 Å². The van der Waals surface area contributed by atoms with Crippen LogP contribution in [-0.4, -0.2) is 20.3 Å². The Labute approximate surface area is 90.4 Å². The first kappa shape index (κ1) is 12.4. The lowest BCUT2D eigenvalue weighted by Gasteiger charge is -2.17. The van der Waals surface area contributed by atoms with Crippen molar-refractivity contribution in [3.8, 4) is 0 Å². The molecule has 0 radical (unpaired) electrons. The van der Waals surface area contributed by atoms with E-state index >= 15 is 0 Å². The smallest absolute Gasteiger partial charge is 0.416 e. The quantitative estimate of drug-likeness (QED) is 0.746. The maximum Gasteiger partial charge on any atom is 0.416 e. The zero-order valence-corrected chi connectivity index (χ0v) is 8.71. The predicted octanol–water partition coefficient (Wildman–Crippen LogP) is 2.91. The number of methoxy groups -OCH3 is 1. The van der Waals surface area contributed by atoms with Gasteiger partial charge in [-0.3, -0.25) is 4.90 Å². The summed E-state index contributed by atoms with van der Waals surface area (Å²) in [5.41, 5.74) is -0.678. The molecule has 0 heterocycles. The molecule has 0 unspecified atom stereocenters. The molecule has 1 amide bonds. The van der Waals surface area contributed by atoms with Crippen molar-refractivity contribution in [2.75, 3.05) is 19.1 Å². The molecule has 16 heavy (non-hydrogen) atoms. The fourth-order valence-corrected chi connectivity index (χ4v) is 1.13. The molecule has 1 rings (SSSR count). The highest BCUT2D eigenvalue weighted by atomic mass is 19.4. The van der Waals surface area contributed by atoms with Gasteiger partial charge in [0.2, 0.25) is 0 Å². The van der Waals surface area contributed by atoms with E-state index in [1.165, 1.54) is 19.2 Å². The molecule has 0 aliphatic rings. The van der Waals surface area contributed by atoms with E-state index in [4.69, 9.17) is 0 Å². The van der Waals surface area contributed by atoms with Gasteiger partial charge in [-0.25, -0.2) is 4.79 Å². The third kappa shape index (κ3) is 2.65. The number of nitrogens with zero attached hydrogens (tertiary/aromatic N) is 1. The van der Waals surface area contributed by atoms with Gasteiger partial charge in [0.05, 0.1) is 12.7 Å². The molecule has 0 aliphatic carbocycles. The van der Waals surface area contributed by atoms with Crippen LogP contribution in [0.1, 0.15) is 5.56 Å². The zero-order valence-electron chi connectivity index (χ0n) is 8.71. The molecule has 1 aromatic rings. The summed E-state index contributed by atoms with van der Waals surface area (Å²) in [5, 5.41) is 0. The molecule has 3 nitrogen and oxygen atoms in total. The van der Waals surface area contributed by atoms with E-state index < -0.39 is 17.8 Å². The number of benzene rings is 1. The second kappa shape index (κ2) is 4.42. The maximum atomic E-state index is 12.4. The minimum absolute atomic E-state index is 0.127. The third-order valence-corrected chi connectivity index (χ3v) is 2.01. The first-order valence-electron chi connectivity index (χ1n) is 4.35. The van der Waals surface area contributed by atoms with Gasteiger partial charge in [-0.05, 0) is 18.2 Å². The summed E-state index contributed by atoms with van der Waals surface area (Å²) in [5.74, 6) is 0. The summed E-state index contributed by atoms with van der Waals surface area (Å²) in [6.45, 7) is 0. The molecular formula is C10H10F3NO2. The summed E-state index contributed by atoms with van der Waals surface area (Å²) in [7, 11) is 2.49. The van der Waals surface area contributed by atoms with E-state index in [0.717, 1.165) is 24.1 Å². The molecule has 0 spiro atoms. The number of alkyl halides is 3. The average Bonchev–Trinajstić information content (AvgIpc) is 2.26. The minimum Gasteiger partial charge on any atom is -0.452 e. The molecule has 0 fully saturated rings. The van der Waals surface area contributed by atoms with Crippen LogP contribution < -0.4 is 4.90 Å². The minimum atomic E-state index is -4.42. The van der Waals surface area contributed by atoms with Crippen LogP contribution in [0.4, 0.5) is 23.7 Å². The van der Waals surface area contributed by atoms with Gasteiger partial charge in [0.25, 0.3) is 0 Å². The van der Waals surface area contributed by atoms with Gasteiger partial charge in [0.15, 0.2) is 0 Å². The van der Waals surface area contributed by atoms with E-state index in [1.54, 1.807) is 0 Å². The Balaban J connectivity index is 3.04. The number of carbonyl (C=O) groups excluding carboxylic acids is 1. The lowest BCUT2D eigenvalue weighted by atomic mass is 10.2. The van der Waals surface area contributed by atoms with Crippen LogP contribution >= 0.6 is 0 Å². The molecule has 1 aromatic carbocycles. The van der Waals surface area contributed by atoms with Gasteiger partial charge in [-0.2, -0.15) is 13.2 Å². The normalized spacial score (nSPS) is 11.1. The van der Waals surface area contributed by atoms with Crippen LogP contribution in [-0.2, 0) is 10.9 Å². The molecule has 0 aliphatic heterocycles. The van der Waals surface area contributed by atoms with E-state index in [1.807, 2.05) is 0 Å². The van der Waals surface area contributed by atoms with Crippen molar-refractivity contribution in [2.45, 2.75) is 6.18 Å². The molecule has 0 saturated heterocycles. The number of halogens is 3. The SMILES string of the molecule is COC(=O)N(C)c1cccc(C(F)(F)F)c1. The average molecular weight is 233 g/mol. The highest BCUT2D eigenvalue weighted by molar-refractivity contribution is 5.86. The van der Waals surface area contributed by atoms with Gasteiger partial charge in [0.1, 0.15) is 0 Å². The van der Waals surface area contributed by atoms with Crippen molar-refractivity contribution in [1.29, 1.82) is 0 Å². The number of amides is 1. The highest BCUT2D eigenvalue weighted by Gasteiger charge is 2.30. The number of rotatable bonds is 1. The zero-order chi connectivity index (χ0) is 12.3. The van der Waals surface area contributed by atoms with E-state index in [9.17, 15) is 18.0 Å². The van der Waals surface area contributed by atoms with Gasteiger partial charge >= 0.3 is 12.3 Å². The summed E-state index contributed by atoms with van der Waals surface area (Å²) in [6.07, 6.45) is -5.15. The summed E-state index contributed by atoms with van der Waals surface area (Å²) >= 11 is 0. The Morgan fingerprint density at radius 1 is 1.38 bits per heavy atom. The van der Waals surface area contributed by atoms with Gasteiger partial charge < -0.3 is 4.74 Å². The van der Waals surface area contributed by atoms with Crippen LogP contribution in [0.5, 0.6) is 0 Å². The second-order valence-electron chi connectivity index (χ2n) is 3.08. The molecular weight excluding hydrogens is 223 g/mol. The topological polar surface area (TPSA) is 29.5 Å². The van der Waals surface area contributed by atoms with Crippen molar-refractivity contribution >= 4 is 11.8 Å². The Hall–Kier alpha value is -1.72. The fraction of sp³-hybridized carbons (Fsp3) is 0.300. The number of carbonyl (C=O) groups is 1. The molecule has 0 bridgehead atoms. The van der Waals surface area contributed by atoms with Crippen LogP contribution in [0.2, 0.25) is 0 Å². The number of ether oxygens (including phenoxy) is 1. The van der Waals surface area contributed by atoms with Crippen molar-refractivity contribution in [1.82, 2.24) is 0 Å². The summed E-state index contributed by atoms with van der Waals surface area (Å²) in [6, 6.07) is 4.45. The highest BCUT2D eigenvalue weighted by Crippen LogP contribution is 2.31. The molecule has 0 aromatic heterocycles. The number of hydrogen-bond acceptors (Lipinski definition) is 2.